The molecule has 1 N–H and O–H groups in total. The lowest BCUT2D eigenvalue weighted by molar-refractivity contribution is 0.324. The van der Waals surface area contributed by atoms with E-state index in [1.165, 1.54) is 0 Å². The van der Waals surface area contributed by atoms with Crippen LogP contribution in [0.5, 0.6) is 0 Å². The third-order valence-electron chi connectivity index (χ3n) is 4.32. The monoisotopic (exact) mass is 394 g/mol. The summed E-state index contributed by atoms with van der Waals surface area (Å²) < 4.78 is 27.5. The fourth-order valence-electron chi connectivity index (χ4n) is 3.15. The predicted molar refractivity (Wildman–Crippen MR) is 107 cm³/mol. The van der Waals surface area contributed by atoms with E-state index >= 15 is 0 Å². The van der Waals surface area contributed by atoms with Gasteiger partial charge in [0.15, 0.2) is 0 Å². The third-order valence-corrected chi connectivity index (χ3v) is 4.91. The maximum atomic E-state index is 11.3. The van der Waals surface area contributed by atoms with E-state index in [1.54, 1.807) is 12.4 Å². The zero-order chi connectivity index (χ0) is 19.6. The molecule has 4 rings (SSSR count). The van der Waals surface area contributed by atoms with Crippen LogP contribution in [0.15, 0.2) is 60.9 Å². The normalized spacial score (nSPS) is 11.8. The Morgan fingerprint density at radius 2 is 1.82 bits per heavy atom. The molecule has 0 saturated heterocycles. The van der Waals surface area contributed by atoms with Gasteiger partial charge >= 0.3 is 0 Å². The number of rotatable bonds is 6. The summed E-state index contributed by atoms with van der Waals surface area (Å²) >= 11 is 0. The van der Waals surface area contributed by atoms with Crippen molar-refractivity contribution in [3.8, 4) is 22.5 Å². The smallest absolute Gasteiger partial charge is 0.264 e. The molecule has 1 aromatic carbocycles. The molecule has 142 valence electrons. The molecule has 8 heteroatoms. The summed E-state index contributed by atoms with van der Waals surface area (Å²) in [5, 5.41) is 8.49. The molecule has 0 spiro atoms. The standard InChI is InChI=1S/C20H18N4O3S/c1-28(25,26)27-13-10-17-19(20(24-23-17)18-8-4-5-11-21-18)15-9-12-22-16-7-3-2-6-14(15)16/h2-9,11-12H,10,13H2,1H3,(H,23,24). The van der Waals surface area contributed by atoms with Gasteiger partial charge in [0.25, 0.3) is 10.1 Å². The number of nitrogens with zero attached hydrogens (tertiary/aromatic N) is 3. The summed E-state index contributed by atoms with van der Waals surface area (Å²) in [6.07, 6.45) is 4.87. The number of H-pyrrole nitrogens is 1. The molecule has 7 nitrogen and oxygen atoms in total. The van der Waals surface area contributed by atoms with Gasteiger partial charge in [-0.05, 0) is 29.8 Å². The molecule has 0 radical (unpaired) electrons. The van der Waals surface area contributed by atoms with Crippen LogP contribution in [-0.2, 0) is 20.7 Å². The highest BCUT2D eigenvalue weighted by Crippen LogP contribution is 2.36. The molecule has 0 atom stereocenters. The molecule has 28 heavy (non-hydrogen) atoms. The average molecular weight is 394 g/mol. The maximum Gasteiger partial charge on any atom is 0.264 e. The Labute approximate surface area is 162 Å². The van der Waals surface area contributed by atoms with Gasteiger partial charge in [-0.25, -0.2) is 0 Å². The molecule has 0 aliphatic rings. The molecule has 0 unspecified atom stereocenters. The number of fused-ring (bicyclic) bond motifs is 1. The Hall–Kier alpha value is -3.10. The molecule has 0 bridgehead atoms. The van der Waals surface area contributed by atoms with Gasteiger partial charge in [-0.3, -0.25) is 19.2 Å². The summed E-state index contributed by atoms with van der Waals surface area (Å²) in [6.45, 7) is 0.0265. The van der Waals surface area contributed by atoms with Crippen molar-refractivity contribution in [2.45, 2.75) is 6.42 Å². The quantitative estimate of drug-likeness (QED) is 0.504. The molecule has 4 aromatic rings. The van der Waals surface area contributed by atoms with Crippen LogP contribution in [0.4, 0.5) is 0 Å². The lowest BCUT2D eigenvalue weighted by Gasteiger charge is -2.09. The Morgan fingerprint density at radius 1 is 1.00 bits per heavy atom. The molecule has 3 heterocycles. The number of aromatic amines is 1. The van der Waals surface area contributed by atoms with Crippen LogP contribution in [0.25, 0.3) is 33.4 Å². The van der Waals surface area contributed by atoms with Crippen molar-refractivity contribution in [1.29, 1.82) is 0 Å². The van der Waals surface area contributed by atoms with Crippen molar-refractivity contribution >= 4 is 21.0 Å². The van der Waals surface area contributed by atoms with E-state index in [-0.39, 0.29) is 6.61 Å². The Balaban J connectivity index is 1.86. The van der Waals surface area contributed by atoms with Crippen LogP contribution < -0.4 is 0 Å². The molecule has 0 aliphatic heterocycles. The van der Waals surface area contributed by atoms with Crippen molar-refractivity contribution < 1.29 is 12.6 Å². The largest absolute Gasteiger partial charge is 0.281 e. The second-order valence-corrected chi connectivity index (χ2v) is 7.94. The van der Waals surface area contributed by atoms with Crippen LogP contribution >= 0.6 is 0 Å². The highest BCUT2D eigenvalue weighted by Gasteiger charge is 2.20. The van der Waals surface area contributed by atoms with E-state index < -0.39 is 10.1 Å². The zero-order valence-corrected chi connectivity index (χ0v) is 16.0. The average Bonchev–Trinajstić information content (AvgIpc) is 3.11. The van der Waals surface area contributed by atoms with Crippen molar-refractivity contribution in [3.05, 3.63) is 66.6 Å². The molecular weight excluding hydrogens is 376 g/mol. The van der Waals surface area contributed by atoms with Crippen LogP contribution in [0.1, 0.15) is 5.69 Å². The van der Waals surface area contributed by atoms with Crippen molar-refractivity contribution in [1.82, 2.24) is 20.2 Å². The number of hydrogen-bond donors (Lipinski definition) is 1. The summed E-state index contributed by atoms with van der Waals surface area (Å²) in [6, 6.07) is 15.4. The zero-order valence-electron chi connectivity index (χ0n) is 15.2. The van der Waals surface area contributed by atoms with Gasteiger partial charge in [-0.15, -0.1) is 0 Å². The Morgan fingerprint density at radius 3 is 2.61 bits per heavy atom. The lowest BCUT2D eigenvalue weighted by atomic mass is 9.97. The van der Waals surface area contributed by atoms with Gasteiger partial charge < -0.3 is 0 Å². The maximum absolute atomic E-state index is 11.3. The number of pyridine rings is 2. The highest BCUT2D eigenvalue weighted by atomic mass is 32.2. The lowest BCUT2D eigenvalue weighted by Crippen LogP contribution is -2.07. The van der Waals surface area contributed by atoms with E-state index in [4.69, 9.17) is 4.18 Å². The Bertz CT molecular complexity index is 1220. The molecule has 0 aliphatic carbocycles. The molecule has 0 amide bonds. The summed E-state index contributed by atoms with van der Waals surface area (Å²) in [5.74, 6) is 0. The number of para-hydroxylation sites is 1. The first-order valence-electron chi connectivity index (χ1n) is 8.70. The fourth-order valence-corrected chi connectivity index (χ4v) is 3.53. The van der Waals surface area contributed by atoms with Gasteiger partial charge in [0, 0.05) is 35.5 Å². The van der Waals surface area contributed by atoms with E-state index in [0.717, 1.165) is 39.7 Å². The summed E-state index contributed by atoms with van der Waals surface area (Å²) in [5.41, 5.74) is 4.90. The highest BCUT2D eigenvalue weighted by molar-refractivity contribution is 7.85. The summed E-state index contributed by atoms with van der Waals surface area (Å²) in [4.78, 5) is 8.85. The number of aromatic nitrogens is 4. The van der Waals surface area contributed by atoms with Gasteiger partial charge in [0.2, 0.25) is 0 Å². The van der Waals surface area contributed by atoms with Gasteiger partial charge in [0.1, 0.15) is 5.69 Å². The van der Waals surface area contributed by atoms with Crippen LogP contribution in [0.2, 0.25) is 0 Å². The van der Waals surface area contributed by atoms with Crippen LogP contribution in [-0.4, -0.2) is 41.4 Å². The minimum absolute atomic E-state index is 0.0265. The second-order valence-electron chi connectivity index (χ2n) is 6.29. The predicted octanol–water partition coefficient (Wildman–Crippen LogP) is 3.21. The van der Waals surface area contributed by atoms with Gasteiger partial charge in [-0.1, -0.05) is 24.3 Å². The minimum atomic E-state index is -3.51. The SMILES string of the molecule is CS(=O)(=O)OCCc1[nH]nc(-c2ccccn2)c1-c1ccnc2ccccc12. The van der Waals surface area contributed by atoms with E-state index in [0.29, 0.717) is 12.1 Å². The first kappa shape index (κ1) is 18.3. The third kappa shape index (κ3) is 3.78. The molecule has 3 aromatic heterocycles. The van der Waals surface area contributed by atoms with Crippen LogP contribution in [0, 0.1) is 0 Å². The van der Waals surface area contributed by atoms with Crippen LogP contribution in [0.3, 0.4) is 0 Å². The second kappa shape index (κ2) is 7.49. The van der Waals surface area contributed by atoms with Gasteiger partial charge in [-0.2, -0.15) is 13.5 Å². The van der Waals surface area contributed by atoms with Crippen molar-refractivity contribution in [3.63, 3.8) is 0 Å². The van der Waals surface area contributed by atoms with E-state index in [9.17, 15) is 8.42 Å². The van der Waals surface area contributed by atoms with E-state index in [1.807, 2.05) is 48.5 Å². The van der Waals surface area contributed by atoms with Crippen molar-refractivity contribution in [2.24, 2.45) is 0 Å². The molecular formula is C20H18N4O3S. The summed E-state index contributed by atoms with van der Waals surface area (Å²) in [7, 11) is -3.51. The van der Waals surface area contributed by atoms with Crippen molar-refractivity contribution in [2.75, 3.05) is 12.9 Å². The molecule has 0 fully saturated rings. The number of nitrogens with one attached hydrogen (secondary N) is 1. The van der Waals surface area contributed by atoms with Gasteiger partial charge in [0.05, 0.1) is 24.1 Å². The topological polar surface area (TPSA) is 97.8 Å². The molecule has 0 saturated carbocycles. The van der Waals surface area contributed by atoms with E-state index in [2.05, 4.69) is 20.2 Å². The first-order valence-corrected chi connectivity index (χ1v) is 10.5. The minimum Gasteiger partial charge on any atom is -0.281 e. The fraction of sp³-hybridized carbons (Fsp3) is 0.150. The Kier molecular flexibility index (Phi) is 4.89. The first-order chi connectivity index (χ1) is 13.5. The number of benzene rings is 1. The number of hydrogen-bond acceptors (Lipinski definition) is 6.